The molecule has 4 rings (SSSR count). The van der Waals surface area contributed by atoms with Gasteiger partial charge >= 0.3 is 6.09 Å². The highest BCUT2D eigenvalue weighted by atomic mass is 35.5. The summed E-state index contributed by atoms with van der Waals surface area (Å²) in [7, 11) is -2.34. The second-order valence-corrected chi connectivity index (χ2v) is 10.5. The molecule has 1 spiro atoms. The molecule has 0 aromatic heterocycles. The van der Waals surface area contributed by atoms with Gasteiger partial charge in [0.2, 0.25) is 10.0 Å². The van der Waals surface area contributed by atoms with Crippen LogP contribution in [0.1, 0.15) is 25.7 Å². The molecule has 3 aliphatic heterocycles. The summed E-state index contributed by atoms with van der Waals surface area (Å²) in [5.41, 5.74) is -0.955. The molecule has 0 radical (unpaired) electrons. The van der Waals surface area contributed by atoms with Crippen molar-refractivity contribution in [1.29, 1.82) is 0 Å². The predicted molar refractivity (Wildman–Crippen MR) is 114 cm³/mol. The molecule has 0 bridgehead atoms. The first-order chi connectivity index (χ1) is 14.7. The quantitative estimate of drug-likeness (QED) is 0.728. The highest BCUT2D eigenvalue weighted by Crippen LogP contribution is 2.34. The van der Waals surface area contributed by atoms with Gasteiger partial charge in [-0.15, -0.1) is 0 Å². The van der Waals surface area contributed by atoms with Gasteiger partial charge in [-0.3, -0.25) is 9.79 Å². The third-order valence-corrected chi connectivity index (χ3v) is 8.35. The van der Waals surface area contributed by atoms with E-state index in [4.69, 9.17) is 21.3 Å². The van der Waals surface area contributed by atoms with Gasteiger partial charge in [0, 0.05) is 37.1 Å². The Labute approximate surface area is 186 Å². The van der Waals surface area contributed by atoms with Crippen LogP contribution in [0.5, 0.6) is 0 Å². The van der Waals surface area contributed by atoms with E-state index in [2.05, 4.69) is 5.32 Å². The van der Waals surface area contributed by atoms with E-state index in [-0.39, 0.29) is 35.9 Å². The van der Waals surface area contributed by atoms with Crippen LogP contribution < -0.4 is 5.32 Å². The lowest BCUT2D eigenvalue weighted by Gasteiger charge is -2.34. The molecular weight excluding hydrogens is 444 g/mol. The van der Waals surface area contributed by atoms with E-state index < -0.39 is 15.6 Å². The lowest BCUT2D eigenvalue weighted by molar-refractivity contribution is -0.125. The maximum atomic E-state index is 12.9. The summed E-state index contributed by atoms with van der Waals surface area (Å²) in [6, 6.07) is 6.16. The van der Waals surface area contributed by atoms with Crippen molar-refractivity contribution in [2.24, 2.45) is 10.9 Å². The topological polar surface area (TPSA) is 108 Å². The lowest BCUT2D eigenvalue weighted by atomic mass is 9.89. The van der Waals surface area contributed by atoms with Gasteiger partial charge in [0.15, 0.2) is 0 Å². The fraction of sp³-hybridized carbons (Fsp3) is 0.550. The van der Waals surface area contributed by atoms with Gasteiger partial charge in [0.1, 0.15) is 11.4 Å². The van der Waals surface area contributed by atoms with E-state index in [0.29, 0.717) is 36.8 Å². The molecule has 11 heteroatoms. The third kappa shape index (κ3) is 4.16. The van der Waals surface area contributed by atoms with E-state index in [1.807, 2.05) is 0 Å². The minimum Gasteiger partial charge on any atom is -0.453 e. The number of halogens is 1. The van der Waals surface area contributed by atoms with Crippen molar-refractivity contribution in [2.45, 2.75) is 36.1 Å². The Kier molecular flexibility index (Phi) is 5.97. The summed E-state index contributed by atoms with van der Waals surface area (Å²) in [6.45, 7) is 1.44. The van der Waals surface area contributed by atoms with Crippen LogP contribution in [0.3, 0.4) is 0 Å². The van der Waals surface area contributed by atoms with Crippen molar-refractivity contribution in [1.82, 2.24) is 14.5 Å². The molecule has 1 unspecified atom stereocenters. The molecule has 1 aromatic rings. The molecule has 0 aliphatic carbocycles. The molecule has 2 fully saturated rings. The second-order valence-electron chi connectivity index (χ2n) is 8.10. The van der Waals surface area contributed by atoms with E-state index in [0.717, 1.165) is 12.8 Å². The minimum atomic E-state index is -3.69. The average molecular weight is 469 g/mol. The number of sulfonamides is 1. The number of ether oxygens (including phenoxy) is 1. The normalized spacial score (nSPS) is 24.1. The van der Waals surface area contributed by atoms with Crippen LogP contribution in [-0.2, 0) is 19.6 Å². The van der Waals surface area contributed by atoms with Crippen molar-refractivity contribution >= 4 is 39.5 Å². The molecule has 1 atom stereocenters. The number of hydrogen-bond acceptors (Lipinski definition) is 6. The van der Waals surface area contributed by atoms with Gasteiger partial charge in [-0.05, 0) is 43.9 Å². The first-order valence-electron chi connectivity index (χ1n) is 10.2. The van der Waals surface area contributed by atoms with Crippen molar-refractivity contribution in [2.75, 3.05) is 33.3 Å². The average Bonchev–Trinajstić information content (AvgIpc) is 3.09. The molecule has 2 saturated heterocycles. The number of piperidine rings is 2. The standard InChI is InChI=1S/C20H25ClN4O5S/c1-30-19(27)24-9-3-4-14(13-24)17-22-18(26)20(23-17)7-10-25(11-8-20)31(28,29)16-6-2-5-15(21)12-16/h2,5-6,12,14H,3-4,7-11,13H2,1H3,(H,22,23,26). The van der Waals surface area contributed by atoms with Gasteiger partial charge < -0.3 is 15.0 Å². The highest BCUT2D eigenvalue weighted by molar-refractivity contribution is 7.89. The number of benzene rings is 1. The number of amides is 2. The number of rotatable bonds is 3. The minimum absolute atomic E-state index is 0.0654. The van der Waals surface area contributed by atoms with Crippen LogP contribution in [0.2, 0.25) is 5.02 Å². The Balaban J connectivity index is 1.47. The Bertz CT molecular complexity index is 1020. The number of nitrogens with zero attached hydrogens (tertiary/aromatic N) is 3. The largest absolute Gasteiger partial charge is 0.453 e. The Hall–Kier alpha value is -2.17. The summed E-state index contributed by atoms with van der Waals surface area (Å²) in [5.74, 6) is 0.326. The maximum Gasteiger partial charge on any atom is 0.409 e. The summed E-state index contributed by atoms with van der Waals surface area (Å²) >= 11 is 5.95. The Morgan fingerprint density at radius 1 is 1.29 bits per heavy atom. The van der Waals surface area contributed by atoms with E-state index in [9.17, 15) is 18.0 Å². The summed E-state index contributed by atoms with van der Waals surface area (Å²) in [5, 5.41) is 3.26. The number of likely N-dealkylation sites (tertiary alicyclic amines) is 1. The summed E-state index contributed by atoms with van der Waals surface area (Å²) < 4.78 is 32.1. The number of nitrogens with one attached hydrogen (secondary N) is 1. The Morgan fingerprint density at radius 3 is 2.71 bits per heavy atom. The second kappa shape index (κ2) is 8.40. The molecule has 0 saturated carbocycles. The highest BCUT2D eigenvalue weighted by Gasteiger charge is 2.48. The van der Waals surface area contributed by atoms with Gasteiger partial charge in [-0.1, -0.05) is 17.7 Å². The van der Waals surface area contributed by atoms with E-state index in [1.165, 1.54) is 23.5 Å². The predicted octanol–water partition coefficient (Wildman–Crippen LogP) is 1.87. The number of methoxy groups -OCH3 is 1. The number of carbonyl (C=O) groups is 2. The van der Waals surface area contributed by atoms with Crippen molar-refractivity contribution in [3.63, 3.8) is 0 Å². The van der Waals surface area contributed by atoms with Crippen LogP contribution in [0.25, 0.3) is 0 Å². The SMILES string of the molecule is COC(=O)N1CCCC(C2=NC3(CCN(S(=O)(=O)c4cccc(Cl)c4)CC3)C(=O)N2)C1. The van der Waals surface area contributed by atoms with Crippen molar-refractivity contribution in [3.8, 4) is 0 Å². The molecule has 3 heterocycles. The zero-order chi connectivity index (χ0) is 22.2. The number of aliphatic imine (C=N–C) groups is 1. The lowest BCUT2D eigenvalue weighted by Crippen LogP contribution is -2.50. The molecule has 168 valence electrons. The van der Waals surface area contributed by atoms with Crippen molar-refractivity contribution in [3.05, 3.63) is 29.3 Å². The van der Waals surface area contributed by atoms with Gasteiger partial charge in [0.25, 0.3) is 5.91 Å². The first kappa shape index (κ1) is 22.0. The maximum absolute atomic E-state index is 12.9. The molecule has 3 aliphatic rings. The zero-order valence-electron chi connectivity index (χ0n) is 17.2. The Morgan fingerprint density at radius 2 is 2.03 bits per heavy atom. The van der Waals surface area contributed by atoms with Crippen LogP contribution in [0.15, 0.2) is 34.2 Å². The van der Waals surface area contributed by atoms with Gasteiger partial charge in [-0.25, -0.2) is 13.2 Å². The third-order valence-electron chi connectivity index (χ3n) is 6.22. The summed E-state index contributed by atoms with van der Waals surface area (Å²) in [6.07, 6.45) is 1.83. The van der Waals surface area contributed by atoms with E-state index in [1.54, 1.807) is 17.0 Å². The number of hydrogen-bond donors (Lipinski definition) is 1. The monoisotopic (exact) mass is 468 g/mol. The molecule has 2 amide bonds. The number of carbonyl (C=O) groups excluding carboxylic acids is 2. The number of amidine groups is 1. The molecule has 1 aromatic carbocycles. The van der Waals surface area contributed by atoms with Crippen molar-refractivity contribution < 1.29 is 22.7 Å². The molecule has 1 N–H and O–H groups in total. The fourth-order valence-corrected chi connectivity index (χ4v) is 6.19. The first-order valence-corrected chi connectivity index (χ1v) is 12.1. The van der Waals surface area contributed by atoms with Gasteiger partial charge in [-0.2, -0.15) is 4.31 Å². The summed E-state index contributed by atoms with van der Waals surface area (Å²) in [4.78, 5) is 31.2. The van der Waals surface area contributed by atoms with Crippen LogP contribution in [0.4, 0.5) is 4.79 Å². The zero-order valence-corrected chi connectivity index (χ0v) is 18.8. The van der Waals surface area contributed by atoms with Crippen LogP contribution >= 0.6 is 11.6 Å². The van der Waals surface area contributed by atoms with E-state index >= 15 is 0 Å². The van der Waals surface area contributed by atoms with Gasteiger partial charge in [0.05, 0.1) is 12.0 Å². The smallest absolute Gasteiger partial charge is 0.409 e. The molecule has 31 heavy (non-hydrogen) atoms. The molecule has 9 nitrogen and oxygen atoms in total. The fourth-order valence-electron chi connectivity index (χ4n) is 4.44. The molecular formula is C20H25ClN4O5S. The van der Waals surface area contributed by atoms with Crippen LogP contribution in [-0.4, -0.2) is 74.3 Å². The van der Waals surface area contributed by atoms with Crippen LogP contribution in [0, 0.1) is 5.92 Å².